The maximum absolute atomic E-state index is 11.5. The molecule has 1 aliphatic rings. The van der Waals surface area contributed by atoms with Gasteiger partial charge in [0, 0.05) is 17.5 Å². The van der Waals surface area contributed by atoms with Crippen LogP contribution >= 0.6 is 0 Å². The summed E-state index contributed by atoms with van der Waals surface area (Å²) in [6, 6.07) is 11.1. The van der Waals surface area contributed by atoms with Crippen LogP contribution in [0.2, 0.25) is 0 Å². The number of nitro benzene ring substituents is 1. The van der Waals surface area contributed by atoms with Gasteiger partial charge < -0.3 is 15.8 Å². The molecule has 0 amide bonds. The van der Waals surface area contributed by atoms with Crippen LogP contribution in [0, 0.1) is 10.1 Å². The first-order chi connectivity index (χ1) is 14.5. The highest BCUT2D eigenvalue weighted by Gasteiger charge is 2.18. The number of hydrogen-bond acceptors (Lipinski definition) is 7. The predicted molar refractivity (Wildman–Crippen MR) is 118 cm³/mol. The highest BCUT2D eigenvalue weighted by Crippen LogP contribution is 2.35. The number of nitrogens with zero attached hydrogens (tertiary/aromatic N) is 3. The summed E-state index contributed by atoms with van der Waals surface area (Å²) in [6.07, 6.45) is 5.90. The molecule has 0 unspecified atom stereocenters. The van der Waals surface area contributed by atoms with E-state index in [1.165, 1.54) is 19.3 Å². The van der Waals surface area contributed by atoms with E-state index in [0.717, 1.165) is 34.9 Å². The lowest BCUT2D eigenvalue weighted by Crippen LogP contribution is -2.23. The minimum atomic E-state index is -0.421. The Bertz CT molecular complexity index is 1080. The molecule has 8 heteroatoms. The molecule has 0 aliphatic heterocycles. The zero-order valence-corrected chi connectivity index (χ0v) is 16.9. The number of rotatable bonds is 6. The Morgan fingerprint density at radius 1 is 1.13 bits per heavy atom. The number of fused-ring (bicyclic) bond motifs is 1. The SMILES string of the molecule is CCOc1ccc(-c2ccc3nc(N)nc(NC4CCCCC4)c3c2)cc1[N+](=O)[O-]. The van der Waals surface area contributed by atoms with Gasteiger partial charge in [-0.2, -0.15) is 4.98 Å². The van der Waals surface area contributed by atoms with Gasteiger partial charge in [0.15, 0.2) is 5.75 Å². The second kappa shape index (κ2) is 8.52. The lowest BCUT2D eigenvalue weighted by atomic mass is 9.95. The van der Waals surface area contributed by atoms with Gasteiger partial charge in [-0.1, -0.05) is 31.4 Å². The van der Waals surface area contributed by atoms with Crippen molar-refractivity contribution in [2.24, 2.45) is 0 Å². The third-order valence-electron chi connectivity index (χ3n) is 5.45. The maximum atomic E-state index is 11.5. The maximum Gasteiger partial charge on any atom is 0.311 e. The van der Waals surface area contributed by atoms with E-state index >= 15 is 0 Å². The molecule has 0 spiro atoms. The highest BCUT2D eigenvalue weighted by molar-refractivity contribution is 5.93. The summed E-state index contributed by atoms with van der Waals surface area (Å²) in [5, 5.41) is 15.9. The van der Waals surface area contributed by atoms with Crippen molar-refractivity contribution in [2.45, 2.75) is 45.1 Å². The molecule has 1 aromatic heterocycles. The molecule has 1 fully saturated rings. The van der Waals surface area contributed by atoms with Crippen LogP contribution in [-0.2, 0) is 0 Å². The lowest BCUT2D eigenvalue weighted by molar-refractivity contribution is -0.385. The van der Waals surface area contributed by atoms with E-state index in [1.54, 1.807) is 19.1 Å². The molecule has 3 aromatic rings. The smallest absolute Gasteiger partial charge is 0.311 e. The Hall–Kier alpha value is -3.42. The van der Waals surface area contributed by atoms with Crippen LogP contribution in [0.1, 0.15) is 39.0 Å². The van der Waals surface area contributed by atoms with E-state index in [9.17, 15) is 10.1 Å². The number of nitrogens with two attached hydrogens (primary N) is 1. The van der Waals surface area contributed by atoms with Gasteiger partial charge in [0.05, 0.1) is 17.0 Å². The van der Waals surface area contributed by atoms with E-state index in [0.29, 0.717) is 18.5 Å². The number of hydrogen-bond donors (Lipinski definition) is 2. The topological polar surface area (TPSA) is 116 Å². The molecule has 2 aromatic carbocycles. The van der Waals surface area contributed by atoms with Crippen LogP contribution in [-0.4, -0.2) is 27.5 Å². The average Bonchev–Trinajstić information content (AvgIpc) is 2.74. The van der Waals surface area contributed by atoms with Crippen molar-refractivity contribution in [3.05, 3.63) is 46.5 Å². The van der Waals surface area contributed by atoms with Gasteiger partial charge in [0.1, 0.15) is 5.82 Å². The van der Waals surface area contributed by atoms with E-state index in [4.69, 9.17) is 10.5 Å². The third-order valence-corrected chi connectivity index (χ3v) is 5.45. The summed E-state index contributed by atoms with van der Waals surface area (Å²) in [5.74, 6) is 1.21. The fourth-order valence-electron chi connectivity index (χ4n) is 3.99. The average molecular weight is 407 g/mol. The predicted octanol–water partition coefficient (Wildman–Crippen LogP) is 4.93. The number of nitrogens with one attached hydrogen (secondary N) is 1. The molecule has 1 saturated carbocycles. The van der Waals surface area contributed by atoms with Crippen LogP contribution in [0.25, 0.3) is 22.0 Å². The van der Waals surface area contributed by atoms with Crippen molar-refractivity contribution in [2.75, 3.05) is 17.7 Å². The van der Waals surface area contributed by atoms with Crippen molar-refractivity contribution in [1.29, 1.82) is 0 Å². The summed E-state index contributed by atoms with van der Waals surface area (Å²) in [6.45, 7) is 2.17. The Morgan fingerprint density at radius 3 is 2.60 bits per heavy atom. The molecule has 30 heavy (non-hydrogen) atoms. The molecule has 8 nitrogen and oxygen atoms in total. The Morgan fingerprint density at radius 2 is 1.87 bits per heavy atom. The first-order valence-electron chi connectivity index (χ1n) is 10.3. The molecular formula is C22H25N5O3. The van der Waals surface area contributed by atoms with Crippen molar-refractivity contribution >= 4 is 28.4 Å². The summed E-state index contributed by atoms with van der Waals surface area (Å²) < 4.78 is 5.39. The number of benzene rings is 2. The molecular weight excluding hydrogens is 382 g/mol. The summed E-state index contributed by atoms with van der Waals surface area (Å²) in [4.78, 5) is 19.9. The zero-order valence-electron chi connectivity index (χ0n) is 16.9. The fourth-order valence-corrected chi connectivity index (χ4v) is 3.99. The van der Waals surface area contributed by atoms with Crippen molar-refractivity contribution < 1.29 is 9.66 Å². The zero-order chi connectivity index (χ0) is 21.1. The Kier molecular flexibility index (Phi) is 5.65. The Labute approximate surface area is 174 Å². The minimum absolute atomic E-state index is 0.0523. The highest BCUT2D eigenvalue weighted by atomic mass is 16.6. The van der Waals surface area contributed by atoms with Crippen molar-refractivity contribution in [3.63, 3.8) is 0 Å². The molecule has 1 heterocycles. The first-order valence-corrected chi connectivity index (χ1v) is 10.3. The number of nitrogen functional groups attached to an aromatic ring is 1. The number of ether oxygens (including phenoxy) is 1. The second-order valence-corrected chi connectivity index (χ2v) is 7.51. The molecule has 0 bridgehead atoms. The fraction of sp³-hybridized carbons (Fsp3) is 0.364. The van der Waals surface area contributed by atoms with Gasteiger partial charge in [-0.05, 0) is 49.1 Å². The van der Waals surface area contributed by atoms with Gasteiger partial charge in [-0.3, -0.25) is 10.1 Å². The molecule has 156 valence electrons. The second-order valence-electron chi connectivity index (χ2n) is 7.51. The van der Waals surface area contributed by atoms with Crippen LogP contribution < -0.4 is 15.8 Å². The first kappa shape index (κ1) is 19.9. The molecule has 0 radical (unpaired) electrons. The van der Waals surface area contributed by atoms with E-state index < -0.39 is 4.92 Å². The van der Waals surface area contributed by atoms with Gasteiger partial charge in [0.2, 0.25) is 5.95 Å². The molecule has 3 N–H and O–H groups in total. The van der Waals surface area contributed by atoms with Gasteiger partial charge >= 0.3 is 5.69 Å². The largest absolute Gasteiger partial charge is 0.487 e. The summed E-state index contributed by atoms with van der Waals surface area (Å²) >= 11 is 0. The molecule has 1 aliphatic carbocycles. The van der Waals surface area contributed by atoms with E-state index in [-0.39, 0.29) is 17.4 Å². The number of aromatic nitrogens is 2. The lowest BCUT2D eigenvalue weighted by Gasteiger charge is -2.24. The Balaban J connectivity index is 1.75. The minimum Gasteiger partial charge on any atom is -0.487 e. The monoisotopic (exact) mass is 407 g/mol. The number of anilines is 2. The quantitative estimate of drug-likeness (QED) is 0.439. The third kappa shape index (κ3) is 4.12. The van der Waals surface area contributed by atoms with Crippen LogP contribution in [0.15, 0.2) is 36.4 Å². The standard InChI is InChI=1S/C22H25N5O3/c1-2-30-20-11-9-15(13-19(20)27(28)29)14-8-10-18-17(12-14)21(26-22(23)25-18)24-16-6-4-3-5-7-16/h8-13,16H,2-7H2,1H3,(H3,23,24,25,26). The van der Waals surface area contributed by atoms with Crippen LogP contribution in [0.4, 0.5) is 17.5 Å². The van der Waals surface area contributed by atoms with Crippen molar-refractivity contribution in [1.82, 2.24) is 9.97 Å². The van der Waals surface area contributed by atoms with Crippen LogP contribution in [0.5, 0.6) is 5.75 Å². The van der Waals surface area contributed by atoms with Crippen molar-refractivity contribution in [3.8, 4) is 16.9 Å². The molecule has 4 rings (SSSR count). The normalized spacial score (nSPS) is 14.6. The van der Waals surface area contributed by atoms with Gasteiger partial charge in [0.25, 0.3) is 0 Å². The molecule has 0 saturated heterocycles. The van der Waals surface area contributed by atoms with Gasteiger partial charge in [-0.25, -0.2) is 4.98 Å². The number of nitro groups is 1. The summed E-state index contributed by atoms with van der Waals surface area (Å²) in [5.41, 5.74) is 8.19. The summed E-state index contributed by atoms with van der Waals surface area (Å²) in [7, 11) is 0. The van der Waals surface area contributed by atoms with E-state index in [1.807, 2.05) is 24.3 Å². The molecule has 0 atom stereocenters. The van der Waals surface area contributed by atoms with Gasteiger partial charge in [-0.15, -0.1) is 0 Å². The van der Waals surface area contributed by atoms with Crippen LogP contribution in [0.3, 0.4) is 0 Å². The van der Waals surface area contributed by atoms with E-state index in [2.05, 4.69) is 15.3 Å².